The summed E-state index contributed by atoms with van der Waals surface area (Å²) in [6, 6.07) is 7.65. The van der Waals surface area contributed by atoms with Crippen molar-refractivity contribution in [2.45, 2.75) is 25.7 Å². The first-order valence-electron chi connectivity index (χ1n) is 9.60. The third-order valence-electron chi connectivity index (χ3n) is 5.68. The molecule has 1 fully saturated rings. The van der Waals surface area contributed by atoms with E-state index in [4.69, 9.17) is 4.74 Å². The molecule has 4 rings (SSSR count). The zero-order valence-electron chi connectivity index (χ0n) is 15.5. The van der Waals surface area contributed by atoms with E-state index in [-0.39, 0.29) is 49.1 Å². The van der Waals surface area contributed by atoms with Crippen molar-refractivity contribution in [2.75, 3.05) is 24.6 Å². The van der Waals surface area contributed by atoms with E-state index in [0.29, 0.717) is 19.4 Å². The van der Waals surface area contributed by atoms with E-state index in [1.54, 1.807) is 4.90 Å². The maximum atomic E-state index is 12.4. The van der Waals surface area contributed by atoms with E-state index < -0.39 is 5.97 Å². The Morgan fingerprint density at radius 3 is 2.43 bits per heavy atom. The molecule has 1 aliphatic carbocycles. The fraction of sp³-hybridized carbons (Fsp3) is 0.429. The molecule has 2 atom stereocenters. The Bertz CT molecular complexity index is 836. The summed E-state index contributed by atoms with van der Waals surface area (Å²) in [5, 5.41) is 0. The average molecular weight is 382 g/mol. The van der Waals surface area contributed by atoms with Crippen molar-refractivity contribution < 1.29 is 23.9 Å². The number of para-hydroxylation sites is 1. The van der Waals surface area contributed by atoms with Gasteiger partial charge in [-0.15, -0.1) is 0 Å². The summed E-state index contributed by atoms with van der Waals surface area (Å²) in [5.74, 6) is -1.89. The van der Waals surface area contributed by atoms with Crippen LogP contribution in [-0.4, -0.2) is 48.3 Å². The highest BCUT2D eigenvalue weighted by Gasteiger charge is 2.46. The molecule has 1 aromatic carbocycles. The number of imide groups is 1. The van der Waals surface area contributed by atoms with Gasteiger partial charge < -0.3 is 9.64 Å². The molecule has 0 spiro atoms. The molecule has 0 unspecified atom stereocenters. The average Bonchev–Trinajstić information content (AvgIpc) is 3.25. The van der Waals surface area contributed by atoms with Gasteiger partial charge >= 0.3 is 5.97 Å². The molecular weight excluding hydrogens is 360 g/mol. The van der Waals surface area contributed by atoms with Gasteiger partial charge in [-0.25, -0.2) is 0 Å². The van der Waals surface area contributed by atoms with E-state index in [1.165, 1.54) is 4.90 Å². The highest BCUT2D eigenvalue weighted by Crippen LogP contribution is 2.35. The Morgan fingerprint density at radius 1 is 1.04 bits per heavy atom. The number of anilines is 1. The predicted molar refractivity (Wildman–Crippen MR) is 100 cm³/mol. The summed E-state index contributed by atoms with van der Waals surface area (Å²) in [4.78, 5) is 52.0. The molecule has 146 valence electrons. The first-order chi connectivity index (χ1) is 13.6. The van der Waals surface area contributed by atoms with Crippen molar-refractivity contribution in [3.05, 3.63) is 42.0 Å². The second-order valence-corrected chi connectivity index (χ2v) is 7.32. The van der Waals surface area contributed by atoms with Crippen LogP contribution in [0.3, 0.4) is 0 Å². The minimum Gasteiger partial charge on any atom is -0.455 e. The Kier molecular flexibility index (Phi) is 4.98. The molecule has 7 nitrogen and oxygen atoms in total. The number of amides is 3. The Hall–Kier alpha value is -2.96. The van der Waals surface area contributed by atoms with E-state index >= 15 is 0 Å². The highest BCUT2D eigenvalue weighted by molar-refractivity contribution is 6.05. The molecule has 0 radical (unpaired) electrons. The third-order valence-corrected chi connectivity index (χ3v) is 5.68. The number of hydrogen-bond acceptors (Lipinski definition) is 5. The van der Waals surface area contributed by atoms with Crippen LogP contribution in [0.2, 0.25) is 0 Å². The maximum absolute atomic E-state index is 12.4. The number of esters is 1. The number of fused-ring (bicyclic) bond motifs is 2. The van der Waals surface area contributed by atoms with Crippen molar-refractivity contribution in [3.63, 3.8) is 0 Å². The zero-order valence-corrected chi connectivity index (χ0v) is 15.5. The number of carbonyl (C=O) groups excluding carboxylic acids is 4. The summed E-state index contributed by atoms with van der Waals surface area (Å²) in [7, 11) is 0. The molecule has 2 heterocycles. The number of ether oxygens (including phenoxy) is 1. The summed E-state index contributed by atoms with van der Waals surface area (Å²) in [6.07, 6.45) is 5.67. The number of hydrogen-bond donors (Lipinski definition) is 0. The first-order valence-corrected chi connectivity index (χ1v) is 9.60. The molecule has 7 heteroatoms. The Morgan fingerprint density at radius 2 is 1.71 bits per heavy atom. The first kappa shape index (κ1) is 18.4. The number of benzene rings is 1. The summed E-state index contributed by atoms with van der Waals surface area (Å²) >= 11 is 0. The number of nitrogens with zero attached hydrogens (tertiary/aromatic N) is 2. The van der Waals surface area contributed by atoms with E-state index in [0.717, 1.165) is 17.7 Å². The van der Waals surface area contributed by atoms with Crippen LogP contribution in [0.5, 0.6) is 0 Å². The van der Waals surface area contributed by atoms with Crippen molar-refractivity contribution in [3.8, 4) is 0 Å². The van der Waals surface area contributed by atoms with Crippen molar-refractivity contribution >= 4 is 29.4 Å². The van der Waals surface area contributed by atoms with Gasteiger partial charge in [0.2, 0.25) is 11.8 Å². The van der Waals surface area contributed by atoms with Crippen LogP contribution in [-0.2, 0) is 30.3 Å². The standard InChI is InChI=1S/C21H22N2O5/c24-18(22-11-9-14-5-1-4-8-17(14)22)13-28-19(25)10-12-23-20(26)15-6-2-3-7-16(15)21(23)27/h1-5,8,15-16H,6-7,9-13H2/t15-,16-/m0/s1. The monoisotopic (exact) mass is 382 g/mol. The predicted octanol–water partition coefficient (Wildman–Crippen LogP) is 1.46. The van der Waals surface area contributed by atoms with Gasteiger partial charge in [0.25, 0.3) is 5.91 Å². The number of allylic oxidation sites excluding steroid dienone is 2. The molecule has 0 aromatic heterocycles. The van der Waals surface area contributed by atoms with Gasteiger partial charge in [-0.3, -0.25) is 24.1 Å². The molecular formula is C21H22N2O5. The molecule has 1 aromatic rings. The number of likely N-dealkylation sites (tertiary alicyclic amines) is 1. The van der Waals surface area contributed by atoms with Crippen LogP contribution in [0.4, 0.5) is 5.69 Å². The minimum atomic E-state index is -0.588. The van der Waals surface area contributed by atoms with Gasteiger partial charge in [0.05, 0.1) is 18.3 Å². The molecule has 2 aliphatic heterocycles. The van der Waals surface area contributed by atoms with Gasteiger partial charge in [-0.2, -0.15) is 0 Å². The third kappa shape index (κ3) is 3.32. The smallest absolute Gasteiger partial charge is 0.308 e. The quantitative estimate of drug-likeness (QED) is 0.437. The van der Waals surface area contributed by atoms with Crippen LogP contribution in [0.1, 0.15) is 24.8 Å². The molecule has 3 aliphatic rings. The number of carbonyl (C=O) groups is 4. The van der Waals surface area contributed by atoms with Gasteiger partial charge in [-0.1, -0.05) is 30.4 Å². The lowest BCUT2D eigenvalue weighted by Gasteiger charge is -2.17. The van der Waals surface area contributed by atoms with Gasteiger partial charge in [0, 0.05) is 18.8 Å². The lowest BCUT2D eigenvalue weighted by Crippen LogP contribution is -2.35. The van der Waals surface area contributed by atoms with E-state index in [9.17, 15) is 19.2 Å². The van der Waals surface area contributed by atoms with E-state index in [1.807, 2.05) is 36.4 Å². The Labute approximate surface area is 162 Å². The fourth-order valence-corrected chi connectivity index (χ4v) is 4.18. The Balaban J connectivity index is 1.26. The second kappa shape index (κ2) is 7.58. The van der Waals surface area contributed by atoms with Crippen LogP contribution >= 0.6 is 0 Å². The number of rotatable bonds is 5. The molecule has 28 heavy (non-hydrogen) atoms. The van der Waals surface area contributed by atoms with Crippen LogP contribution in [0, 0.1) is 11.8 Å². The van der Waals surface area contributed by atoms with Gasteiger partial charge in [-0.05, 0) is 30.9 Å². The van der Waals surface area contributed by atoms with Crippen molar-refractivity contribution in [2.24, 2.45) is 11.8 Å². The highest BCUT2D eigenvalue weighted by atomic mass is 16.5. The second-order valence-electron chi connectivity index (χ2n) is 7.32. The lowest BCUT2D eigenvalue weighted by molar-refractivity contribution is -0.149. The summed E-state index contributed by atoms with van der Waals surface area (Å²) in [6.45, 7) is 0.234. The van der Waals surface area contributed by atoms with Crippen molar-refractivity contribution in [1.82, 2.24) is 4.90 Å². The van der Waals surface area contributed by atoms with Gasteiger partial charge in [0.1, 0.15) is 0 Å². The molecule has 0 saturated carbocycles. The maximum Gasteiger partial charge on any atom is 0.308 e. The lowest BCUT2D eigenvalue weighted by atomic mass is 9.85. The van der Waals surface area contributed by atoms with Crippen LogP contribution < -0.4 is 4.90 Å². The summed E-state index contributed by atoms with van der Waals surface area (Å²) < 4.78 is 5.09. The molecule has 0 N–H and O–H groups in total. The molecule has 1 saturated heterocycles. The zero-order chi connectivity index (χ0) is 19.7. The summed E-state index contributed by atoms with van der Waals surface area (Å²) in [5.41, 5.74) is 1.96. The van der Waals surface area contributed by atoms with Crippen LogP contribution in [0.25, 0.3) is 0 Å². The SMILES string of the molecule is O=C(CCN1C(=O)[C@H]2CC=CC[C@@H]2C1=O)OCC(=O)N1CCc2ccccc21. The van der Waals surface area contributed by atoms with Crippen molar-refractivity contribution in [1.29, 1.82) is 0 Å². The largest absolute Gasteiger partial charge is 0.455 e. The molecule has 0 bridgehead atoms. The minimum absolute atomic E-state index is 0.00420. The fourth-order valence-electron chi connectivity index (χ4n) is 4.18. The topological polar surface area (TPSA) is 84.0 Å². The van der Waals surface area contributed by atoms with Crippen LogP contribution in [0.15, 0.2) is 36.4 Å². The van der Waals surface area contributed by atoms with E-state index in [2.05, 4.69) is 0 Å². The normalized spacial score (nSPS) is 23.0. The molecule has 3 amide bonds. The van der Waals surface area contributed by atoms with Gasteiger partial charge in [0.15, 0.2) is 6.61 Å².